The van der Waals surface area contributed by atoms with Gasteiger partial charge >= 0.3 is 0 Å². The van der Waals surface area contributed by atoms with Crippen LogP contribution < -0.4 is 5.73 Å². The van der Waals surface area contributed by atoms with Crippen LogP contribution in [0.15, 0.2) is 16.7 Å². The quantitative estimate of drug-likeness (QED) is 0.849. The Morgan fingerprint density at radius 3 is 2.92 bits per heavy atom. The third kappa shape index (κ3) is 2.76. The average Bonchev–Trinajstić information content (AvgIpc) is 2.04. The van der Waals surface area contributed by atoms with Gasteiger partial charge in [-0.25, -0.2) is 0 Å². The summed E-state index contributed by atoms with van der Waals surface area (Å²) in [4.78, 5) is 4.21. The summed E-state index contributed by atoms with van der Waals surface area (Å²) in [5.74, 6) is 0. The first-order valence-electron chi connectivity index (χ1n) is 4.13. The van der Waals surface area contributed by atoms with Gasteiger partial charge in [0.1, 0.15) is 0 Å². The van der Waals surface area contributed by atoms with E-state index in [1.807, 2.05) is 13.0 Å². The lowest BCUT2D eigenvalue weighted by molar-refractivity contribution is 0.275. The summed E-state index contributed by atoms with van der Waals surface area (Å²) in [6.45, 7) is 2.06. The van der Waals surface area contributed by atoms with Crippen molar-refractivity contribution in [3.05, 3.63) is 28.0 Å². The van der Waals surface area contributed by atoms with Crippen molar-refractivity contribution in [2.75, 3.05) is 6.61 Å². The summed E-state index contributed by atoms with van der Waals surface area (Å²) in [5.41, 5.74) is 7.73. The minimum atomic E-state index is -0.168. The van der Waals surface area contributed by atoms with Gasteiger partial charge in [0.05, 0.1) is 5.69 Å². The molecule has 72 valence electrons. The molecule has 0 bridgehead atoms. The number of aryl methyl sites for hydroxylation is 1. The van der Waals surface area contributed by atoms with Gasteiger partial charge in [-0.3, -0.25) is 4.98 Å². The monoisotopic (exact) mass is 244 g/mol. The summed E-state index contributed by atoms with van der Waals surface area (Å²) in [6.07, 6.45) is 2.27. The van der Waals surface area contributed by atoms with Crippen molar-refractivity contribution >= 4 is 15.9 Å². The van der Waals surface area contributed by atoms with Gasteiger partial charge in [-0.2, -0.15) is 0 Å². The molecule has 0 aromatic carbocycles. The summed E-state index contributed by atoms with van der Waals surface area (Å²) >= 11 is 3.33. The fraction of sp³-hybridized carbons (Fsp3) is 0.444. The van der Waals surface area contributed by atoms with Crippen LogP contribution in [0.25, 0.3) is 0 Å². The first kappa shape index (κ1) is 10.6. The second-order valence-electron chi connectivity index (χ2n) is 2.97. The minimum absolute atomic E-state index is 0.0956. The van der Waals surface area contributed by atoms with Crippen LogP contribution >= 0.6 is 15.9 Å². The fourth-order valence-electron chi connectivity index (χ4n) is 1.22. The zero-order chi connectivity index (χ0) is 9.84. The van der Waals surface area contributed by atoms with E-state index in [0.717, 1.165) is 15.7 Å². The van der Waals surface area contributed by atoms with Crippen molar-refractivity contribution in [3.8, 4) is 0 Å². The van der Waals surface area contributed by atoms with Gasteiger partial charge in [0.2, 0.25) is 0 Å². The molecule has 0 radical (unpaired) electrons. The molecule has 0 fully saturated rings. The molecule has 0 saturated carbocycles. The highest BCUT2D eigenvalue weighted by Crippen LogP contribution is 2.18. The minimum Gasteiger partial charge on any atom is -0.396 e. The summed E-state index contributed by atoms with van der Waals surface area (Å²) in [7, 11) is 0. The molecule has 0 spiro atoms. The molecule has 0 unspecified atom stereocenters. The predicted molar refractivity (Wildman–Crippen MR) is 55.3 cm³/mol. The lowest BCUT2D eigenvalue weighted by Crippen LogP contribution is -2.14. The number of nitrogens with two attached hydrogens (primary N) is 1. The number of aliphatic hydroxyl groups is 1. The van der Waals surface area contributed by atoms with Crippen molar-refractivity contribution in [3.63, 3.8) is 0 Å². The first-order chi connectivity index (χ1) is 6.15. The van der Waals surface area contributed by atoms with Gasteiger partial charge in [0, 0.05) is 23.3 Å². The smallest absolute Gasteiger partial charge is 0.0601 e. The van der Waals surface area contributed by atoms with Gasteiger partial charge in [-0.05, 0) is 40.9 Å². The normalized spacial score (nSPS) is 12.9. The lowest BCUT2D eigenvalue weighted by atomic mass is 10.1. The Bertz CT molecular complexity index is 291. The second kappa shape index (κ2) is 4.69. The van der Waals surface area contributed by atoms with Crippen LogP contribution in [0, 0.1) is 6.92 Å². The van der Waals surface area contributed by atoms with E-state index >= 15 is 0 Å². The number of rotatable bonds is 3. The molecule has 0 aliphatic carbocycles. The maximum Gasteiger partial charge on any atom is 0.0601 e. The summed E-state index contributed by atoms with van der Waals surface area (Å²) in [6, 6.07) is 1.80. The molecule has 4 heteroatoms. The maximum atomic E-state index is 8.73. The summed E-state index contributed by atoms with van der Waals surface area (Å²) < 4.78 is 0.949. The van der Waals surface area contributed by atoms with E-state index in [0.29, 0.717) is 6.42 Å². The van der Waals surface area contributed by atoms with E-state index in [9.17, 15) is 0 Å². The van der Waals surface area contributed by atoms with E-state index in [2.05, 4.69) is 20.9 Å². The van der Waals surface area contributed by atoms with Crippen LogP contribution in [-0.4, -0.2) is 16.7 Å². The molecule has 1 atom stereocenters. The van der Waals surface area contributed by atoms with Crippen LogP contribution in [0.3, 0.4) is 0 Å². The predicted octanol–water partition coefficient (Wildman–Crippen LogP) is 1.53. The van der Waals surface area contributed by atoms with Crippen molar-refractivity contribution in [1.29, 1.82) is 0 Å². The zero-order valence-corrected chi connectivity index (χ0v) is 9.08. The van der Waals surface area contributed by atoms with Gasteiger partial charge in [0.15, 0.2) is 0 Å². The van der Waals surface area contributed by atoms with Crippen LogP contribution in [0.4, 0.5) is 0 Å². The SMILES string of the molecule is Cc1cc(Br)cnc1[C@H](N)CCO. The zero-order valence-electron chi connectivity index (χ0n) is 7.50. The molecule has 13 heavy (non-hydrogen) atoms. The van der Waals surface area contributed by atoms with E-state index in [-0.39, 0.29) is 12.6 Å². The average molecular weight is 245 g/mol. The molecule has 0 aliphatic heterocycles. The lowest BCUT2D eigenvalue weighted by Gasteiger charge is -2.11. The van der Waals surface area contributed by atoms with Gasteiger partial charge in [-0.1, -0.05) is 0 Å². The second-order valence-corrected chi connectivity index (χ2v) is 3.89. The molecule has 1 aromatic heterocycles. The van der Waals surface area contributed by atoms with Crippen LogP contribution in [0.5, 0.6) is 0 Å². The van der Waals surface area contributed by atoms with Gasteiger partial charge < -0.3 is 10.8 Å². The Hall–Kier alpha value is -0.450. The number of hydrogen-bond donors (Lipinski definition) is 2. The molecule has 1 rings (SSSR count). The summed E-state index contributed by atoms with van der Waals surface area (Å²) in [5, 5.41) is 8.73. The Morgan fingerprint density at radius 2 is 2.38 bits per heavy atom. The number of hydrogen-bond acceptors (Lipinski definition) is 3. The van der Waals surface area contributed by atoms with Crippen molar-refractivity contribution in [2.45, 2.75) is 19.4 Å². The standard InChI is InChI=1S/C9H13BrN2O/c1-6-4-7(10)5-12-9(6)8(11)2-3-13/h4-5,8,13H,2-3,11H2,1H3/t8-/m1/s1. The molecule has 0 amide bonds. The fourth-order valence-corrected chi connectivity index (χ4v) is 1.66. The van der Waals surface area contributed by atoms with Crippen molar-refractivity contribution in [1.82, 2.24) is 4.98 Å². The molecule has 3 nitrogen and oxygen atoms in total. The highest BCUT2D eigenvalue weighted by molar-refractivity contribution is 9.10. The third-order valence-corrected chi connectivity index (χ3v) is 2.31. The van der Waals surface area contributed by atoms with Gasteiger partial charge in [-0.15, -0.1) is 0 Å². The van der Waals surface area contributed by atoms with E-state index in [1.54, 1.807) is 6.20 Å². The Balaban J connectivity index is 2.88. The molecular weight excluding hydrogens is 232 g/mol. The van der Waals surface area contributed by atoms with Crippen LogP contribution in [-0.2, 0) is 0 Å². The highest BCUT2D eigenvalue weighted by Gasteiger charge is 2.09. The number of aromatic nitrogens is 1. The van der Waals surface area contributed by atoms with Crippen LogP contribution in [0.2, 0.25) is 0 Å². The molecule has 1 aromatic rings. The molecule has 3 N–H and O–H groups in total. The largest absolute Gasteiger partial charge is 0.396 e. The molecular formula is C9H13BrN2O. The van der Waals surface area contributed by atoms with Crippen molar-refractivity contribution in [2.24, 2.45) is 5.73 Å². The Kier molecular flexibility index (Phi) is 3.84. The molecule has 0 saturated heterocycles. The first-order valence-corrected chi connectivity index (χ1v) is 4.93. The number of nitrogens with zero attached hydrogens (tertiary/aromatic N) is 1. The topological polar surface area (TPSA) is 59.1 Å². The highest BCUT2D eigenvalue weighted by atomic mass is 79.9. The van der Waals surface area contributed by atoms with Crippen LogP contribution in [0.1, 0.15) is 23.7 Å². The van der Waals surface area contributed by atoms with Gasteiger partial charge in [0.25, 0.3) is 0 Å². The Labute approximate surface area is 86.1 Å². The third-order valence-electron chi connectivity index (χ3n) is 1.88. The van der Waals surface area contributed by atoms with E-state index in [4.69, 9.17) is 10.8 Å². The number of halogens is 1. The Morgan fingerprint density at radius 1 is 1.69 bits per heavy atom. The number of pyridine rings is 1. The van der Waals surface area contributed by atoms with E-state index < -0.39 is 0 Å². The number of aliphatic hydroxyl groups excluding tert-OH is 1. The molecule has 1 heterocycles. The van der Waals surface area contributed by atoms with E-state index in [1.165, 1.54) is 0 Å². The van der Waals surface area contributed by atoms with Crippen molar-refractivity contribution < 1.29 is 5.11 Å². The molecule has 0 aliphatic rings. The maximum absolute atomic E-state index is 8.73.